The molecule has 0 spiro atoms. The summed E-state index contributed by atoms with van der Waals surface area (Å²) in [4.78, 5) is 2.35. The Kier molecular flexibility index (Phi) is 6.16. The molecule has 0 radical (unpaired) electrons. The maximum atomic E-state index is 2.35. The van der Waals surface area contributed by atoms with Gasteiger partial charge in [-0.3, -0.25) is 0 Å². The molecule has 0 saturated carbocycles. The van der Waals surface area contributed by atoms with Gasteiger partial charge in [0, 0.05) is 18.8 Å². The van der Waals surface area contributed by atoms with Gasteiger partial charge in [-0.2, -0.15) is 0 Å². The summed E-state index contributed by atoms with van der Waals surface area (Å²) in [6.07, 6.45) is 9.57. The Balaban J connectivity index is 2.67. The lowest BCUT2D eigenvalue weighted by Gasteiger charge is -2.20. The maximum absolute atomic E-state index is 2.35. The highest BCUT2D eigenvalue weighted by molar-refractivity contribution is 5.56. The molecule has 0 N–H and O–H groups in total. The minimum Gasteiger partial charge on any atom is -0.372 e. The van der Waals surface area contributed by atoms with Crippen LogP contribution in [0.25, 0.3) is 6.08 Å². The average molecular weight is 229 g/mol. The van der Waals surface area contributed by atoms with Crippen molar-refractivity contribution >= 4 is 11.8 Å². The zero-order valence-electron chi connectivity index (χ0n) is 11.2. The lowest BCUT2D eigenvalue weighted by atomic mass is 10.2. The van der Waals surface area contributed by atoms with Gasteiger partial charge in [-0.25, -0.2) is 0 Å². The van der Waals surface area contributed by atoms with E-state index in [1.165, 1.54) is 11.3 Å². The van der Waals surface area contributed by atoms with Crippen molar-refractivity contribution in [2.45, 2.75) is 27.2 Å². The van der Waals surface area contributed by atoms with Gasteiger partial charge in [0.1, 0.15) is 0 Å². The molecule has 0 aromatic heterocycles. The second-order valence-electron chi connectivity index (χ2n) is 3.96. The highest BCUT2D eigenvalue weighted by Gasteiger charge is 1.99. The van der Waals surface area contributed by atoms with E-state index in [0.717, 1.165) is 19.5 Å². The zero-order valence-corrected chi connectivity index (χ0v) is 11.2. The minimum absolute atomic E-state index is 1.06. The lowest BCUT2D eigenvalue weighted by molar-refractivity contribution is 0.866. The van der Waals surface area contributed by atoms with Gasteiger partial charge in [-0.1, -0.05) is 43.4 Å². The highest BCUT2D eigenvalue weighted by Crippen LogP contribution is 2.15. The summed E-state index contributed by atoms with van der Waals surface area (Å²) in [5, 5.41) is 0. The standard InChI is InChI=1S/C16H23N/c1-4-7-8-9-10-15-11-13-16(14-12-15)17(5-2)6-3/h7-14H,4-6H2,1-3H3. The number of anilines is 1. The van der Waals surface area contributed by atoms with Gasteiger partial charge in [-0.15, -0.1) is 0 Å². The Morgan fingerprint density at radius 3 is 2.12 bits per heavy atom. The van der Waals surface area contributed by atoms with Crippen LogP contribution in [0, 0.1) is 0 Å². The fraction of sp³-hybridized carbons (Fsp3) is 0.375. The Morgan fingerprint density at radius 1 is 0.941 bits per heavy atom. The molecule has 0 bridgehead atoms. The van der Waals surface area contributed by atoms with Crippen LogP contribution in [0.15, 0.2) is 42.5 Å². The molecule has 0 fully saturated rings. The number of rotatable bonds is 6. The Bertz CT molecular complexity index is 356. The van der Waals surface area contributed by atoms with E-state index in [1.54, 1.807) is 0 Å². The lowest BCUT2D eigenvalue weighted by Crippen LogP contribution is -2.21. The van der Waals surface area contributed by atoms with Crippen LogP contribution in [-0.2, 0) is 0 Å². The third-order valence-electron chi connectivity index (χ3n) is 2.79. The minimum atomic E-state index is 1.06. The van der Waals surface area contributed by atoms with Gasteiger partial charge in [0.2, 0.25) is 0 Å². The van der Waals surface area contributed by atoms with E-state index >= 15 is 0 Å². The first-order valence-electron chi connectivity index (χ1n) is 6.50. The van der Waals surface area contributed by atoms with Gasteiger partial charge in [0.15, 0.2) is 0 Å². The first kappa shape index (κ1) is 13.6. The summed E-state index contributed by atoms with van der Waals surface area (Å²) in [5.41, 5.74) is 2.55. The van der Waals surface area contributed by atoms with Gasteiger partial charge in [-0.05, 0) is 38.0 Å². The molecule has 0 aliphatic carbocycles. The van der Waals surface area contributed by atoms with Crippen LogP contribution in [0.4, 0.5) is 5.69 Å². The number of allylic oxidation sites excluding steroid dienone is 3. The Hall–Kier alpha value is -1.50. The molecular formula is C16H23N. The molecule has 0 atom stereocenters. The molecular weight excluding hydrogens is 206 g/mol. The molecule has 0 saturated heterocycles. The van der Waals surface area contributed by atoms with E-state index in [4.69, 9.17) is 0 Å². The summed E-state index contributed by atoms with van der Waals surface area (Å²) in [7, 11) is 0. The SMILES string of the molecule is CCC=CC=Cc1ccc(N(CC)CC)cc1. The topological polar surface area (TPSA) is 3.24 Å². The van der Waals surface area contributed by atoms with Crippen LogP contribution in [0.3, 0.4) is 0 Å². The second-order valence-corrected chi connectivity index (χ2v) is 3.96. The van der Waals surface area contributed by atoms with E-state index in [9.17, 15) is 0 Å². The van der Waals surface area contributed by atoms with Crippen LogP contribution < -0.4 is 4.90 Å². The third kappa shape index (κ3) is 4.48. The first-order chi connectivity index (χ1) is 8.31. The van der Waals surface area contributed by atoms with Crippen molar-refractivity contribution < 1.29 is 0 Å². The smallest absolute Gasteiger partial charge is 0.0366 e. The van der Waals surface area contributed by atoms with Crippen LogP contribution in [0.1, 0.15) is 32.8 Å². The number of nitrogens with zero attached hydrogens (tertiary/aromatic N) is 1. The summed E-state index contributed by atoms with van der Waals surface area (Å²) in [6.45, 7) is 8.64. The van der Waals surface area contributed by atoms with Gasteiger partial charge in [0.25, 0.3) is 0 Å². The van der Waals surface area contributed by atoms with Crippen molar-refractivity contribution in [3.63, 3.8) is 0 Å². The molecule has 0 amide bonds. The highest BCUT2D eigenvalue weighted by atomic mass is 15.1. The van der Waals surface area contributed by atoms with Crippen LogP contribution in [0.2, 0.25) is 0 Å². The molecule has 1 nitrogen and oxygen atoms in total. The largest absolute Gasteiger partial charge is 0.372 e. The number of benzene rings is 1. The van der Waals surface area contributed by atoms with Gasteiger partial charge < -0.3 is 4.90 Å². The fourth-order valence-electron chi connectivity index (χ4n) is 1.77. The number of hydrogen-bond donors (Lipinski definition) is 0. The predicted octanol–water partition coefficient (Wildman–Crippen LogP) is 4.51. The van der Waals surface area contributed by atoms with Gasteiger partial charge >= 0.3 is 0 Å². The van der Waals surface area contributed by atoms with Crippen molar-refractivity contribution in [2.24, 2.45) is 0 Å². The van der Waals surface area contributed by atoms with E-state index in [-0.39, 0.29) is 0 Å². The van der Waals surface area contributed by atoms with Crippen molar-refractivity contribution in [3.8, 4) is 0 Å². The van der Waals surface area contributed by atoms with Gasteiger partial charge in [0.05, 0.1) is 0 Å². The van der Waals surface area contributed by atoms with Crippen molar-refractivity contribution in [2.75, 3.05) is 18.0 Å². The average Bonchev–Trinajstić information content (AvgIpc) is 2.38. The monoisotopic (exact) mass is 229 g/mol. The maximum Gasteiger partial charge on any atom is 0.0366 e. The summed E-state index contributed by atoms with van der Waals surface area (Å²) in [5.74, 6) is 0. The molecule has 0 aliphatic rings. The molecule has 1 heteroatoms. The van der Waals surface area contributed by atoms with E-state index in [0.29, 0.717) is 0 Å². The number of hydrogen-bond acceptors (Lipinski definition) is 1. The van der Waals surface area contributed by atoms with Crippen molar-refractivity contribution in [1.29, 1.82) is 0 Å². The van der Waals surface area contributed by atoms with E-state index in [2.05, 4.69) is 74.2 Å². The molecule has 0 heterocycles. The van der Waals surface area contributed by atoms with E-state index in [1.807, 2.05) is 0 Å². The summed E-state index contributed by atoms with van der Waals surface area (Å²) < 4.78 is 0. The molecule has 92 valence electrons. The van der Waals surface area contributed by atoms with E-state index < -0.39 is 0 Å². The quantitative estimate of drug-likeness (QED) is 0.649. The molecule has 0 unspecified atom stereocenters. The Labute approximate surface area is 105 Å². The van der Waals surface area contributed by atoms with Crippen LogP contribution in [-0.4, -0.2) is 13.1 Å². The predicted molar refractivity (Wildman–Crippen MR) is 78.5 cm³/mol. The molecule has 0 aliphatic heterocycles. The molecule has 1 aromatic carbocycles. The fourth-order valence-corrected chi connectivity index (χ4v) is 1.77. The zero-order chi connectivity index (χ0) is 12.5. The second kappa shape index (κ2) is 7.72. The normalized spacial score (nSPS) is 11.5. The Morgan fingerprint density at radius 2 is 1.59 bits per heavy atom. The van der Waals surface area contributed by atoms with Crippen LogP contribution in [0.5, 0.6) is 0 Å². The molecule has 17 heavy (non-hydrogen) atoms. The summed E-state index contributed by atoms with van der Waals surface area (Å²) in [6, 6.07) is 8.72. The molecule has 1 rings (SSSR count). The van der Waals surface area contributed by atoms with Crippen LogP contribution >= 0.6 is 0 Å². The summed E-state index contributed by atoms with van der Waals surface area (Å²) >= 11 is 0. The first-order valence-corrected chi connectivity index (χ1v) is 6.50. The molecule has 1 aromatic rings. The third-order valence-corrected chi connectivity index (χ3v) is 2.79. The van der Waals surface area contributed by atoms with Crippen molar-refractivity contribution in [1.82, 2.24) is 0 Å². The van der Waals surface area contributed by atoms with Crippen molar-refractivity contribution in [3.05, 3.63) is 48.1 Å².